The Balaban J connectivity index is 2.37. The van der Waals surface area contributed by atoms with Gasteiger partial charge in [0.05, 0.1) is 13.2 Å². The number of aliphatic hydroxyl groups excluding tert-OH is 1. The fourth-order valence-corrected chi connectivity index (χ4v) is 6.87. The van der Waals surface area contributed by atoms with E-state index in [0.717, 1.165) is 45.4 Å². The van der Waals surface area contributed by atoms with Crippen LogP contribution in [0.2, 0.25) is 0 Å². The van der Waals surface area contributed by atoms with Crippen LogP contribution in [0.15, 0.2) is 0 Å². The van der Waals surface area contributed by atoms with Crippen LogP contribution in [0.3, 0.4) is 0 Å². The lowest BCUT2D eigenvalue weighted by Gasteiger charge is -2.35. The molecule has 0 bridgehead atoms. The lowest BCUT2D eigenvalue weighted by molar-refractivity contribution is -0.145. The standard InChI is InChI=1S/C38H76N2O3/c1-4-7-10-13-14-18-25-36(24-17-11-8-5-2)35-43-38(42)28-21-16-23-30-39(29-22-12-9-6-3)31-32-40(33-34-41)37-26-19-15-20-27-37/h36-37,41H,4-35H2,1-3H3. The Morgan fingerprint density at radius 3 is 1.79 bits per heavy atom. The molecule has 0 heterocycles. The molecule has 1 aliphatic carbocycles. The molecule has 0 saturated heterocycles. The van der Waals surface area contributed by atoms with Gasteiger partial charge in [-0.1, -0.05) is 130 Å². The highest BCUT2D eigenvalue weighted by atomic mass is 16.5. The van der Waals surface area contributed by atoms with Crippen LogP contribution < -0.4 is 0 Å². The first-order valence-electron chi connectivity index (χ1n) is 19.4. The molecule has 1 atom stereocenters. The van der Waals surface area contributed by atoms with Crippen molar-refractivity contribution >= 4 is 5.97 Å². The second-order valence-corrected chi connectivity index (χ2v) is 13.7. The highest BCUT2D eigenvalue weighted by Gasteiger charge is 2.21. The van der Waals surface area contributed by atoms with Gasteiger partial charge in [0.25, 0.3) is 0 Å². The molecule has 256 valence electrons. The molecule has 43 heavy (non-hydrogen) atoms. The zero-order chi connectivity index (χ0) is 31.2. The van der Waals surface area contributed by atoms with Crippen molar-refractivity contribution in [3.8, 4) is 0 Å². The van der Waals surface area contributed by atoms with Gasteiger partial charge in [0.2, 0.25) is 0 Å². The van der Waals surface area contributed by atoms with E-state index < -0.39 is 0 Å². The van der Waals surface area contributed by atoms with Gasteiger partial charge in [0.1, 0.15) is 0 Å². The largest absolute Gasteiger partial charge is 0.465 e. The van der Waals surface area contributed by atoms with Gasteiger partial charge in [0.15, 0.2) is 0 Å². The summed E-state index contributed by atoms with van der Waals surface area (Å²) in [4.78, 5) is 17.8. The second kappa shape index (κ2) is 30.0. The van der Waals surface area contributed by atoms with Crippen LogP contribution in [0.5, 0.6) is 0 Å². The Labute approximate surface area is 269 Å². The van der Waals surface area contributed by atoms with E-state index >= 15 is 0 Å². The van der Waals surface area contributed by atoms with E-state index in [0.29, 0.717) is 25.0 Å². The fourth-order valence-electron chi connectivity index (χ4n) is 6.87. The second-order valence-electron chi connectivity index (χ2n) is 13.7. The summed E-state index contributed by atoms with van der Waals surface area (Å²) in [7, 11) is 0. The van der Waals surface area contributed by atoms with Crippen molar-refractivity contribution in [1.82, 2.24) is 9.80 Å². The number of carbonyl (C=O) groups is 1. The molecule has 5 heteroatoms. The van der Waals surface area contributed by atoms with Crippen molar-refractivity contribution in [3.05, 3.63) is 0 Å². The fraction of sp³-hybridized carbons (Fsp3) is 0.974. The van der Waals surface area contributed by atoms with Gasteiger partial charge in [-0.3, -0.25) is 9.69 Å². The molecule has 1 fully saturated rings. The van der Waals surface area contributed by atoms with E-state index in [4.69, 9.17) is 4.74 Å². The van der Waals surface area contributed by atoms with Crippen molar-refractivity contribution < 1.29 is 14.6 Å². The molecule has 0 aromatic carbocycles. The van der Waals surface area contributed by atoms with Crippen LogP contribution in [0, 0.1) is 5.92 Å². The maximum absolute atomic E-state index is 12.6. The van der Waals surface area contributed by atoms with Gasteiger partial charge in [-0.05, 0) is 64.0 Å². The monoisotopic (exact) mass is 609 g/mol. The summed E-state index contributed by atoms with van der Waals surface area (Å²) >= 11 is 0. The first-order valence-corrected chi connectivity index (χ1v) is 19.4. The normalized spacial score (nSPS) is 15.0. The summed E-state index contributed by atoms with van der Waals surface area (Å²) in [6.45, 7) is 13.0. The Morgan fingerprint density at radius 1 is 0.651 bits per heavy atom. The van der Waals surface area contributed by atoms with Gasteiger partial charge < -0.3 is 14.7 Å². The van der Waals surface area contributed by atoms with Crippen molar-refractivity contribution in [2.75, 3.05) is 45.9 Å². The van der Waals surface area contributed by atoms with E-state index in [9.17, 15) is 9.90 Å². The van der Waals surface area contributed by atoms with Gasteiger partial charge in [0, 0.05) is 32.1 Å². The summed E-state index contributed by atoms with van der Waals surface area (Å²) in [5, 5.41) is 9.69. The van der Waals surface area contributed by atoms with E-state index in [2.05, 4.69) is 30.6 Å². The van der Waals surface area contributed by atoms with Crippen molar-refractivity contribution in [2.45, 2.75) is 187 Å². The number of nitrogens with zero attached hydrogens (tertiary/aromatic N) is 2. The molecule has 1 rings (SSSR count). The summed E-state index contributed by atoms with van der Waals surface area (Å²) in [6, 6.07) is 0.663. The summed E-state index contributed by atoms with van der Waals surface area (Å²) in [6.07, 6.45) is 31.2. The molecule has 0 radical (unpaired) electrons. The molecule has 1 N–H and O–H groups in total. The Bertz CT molecular complexity index is 596. The minimum absolute atomic E-state index is 0.0186. The van der Waals surface area contributed by atoms with Gasteiger partial charge in [-0.2, -0.15) is 0 Å². The van der Waals surface area contributed by atoms with Gasteiger partial charge in [-0.25, -0.2) is 0 Å². The number of esters is 1. The third-order valence-electron chi connectivity index (χ3n) is 9.78. The van der Waals surface area contributed by atoms with Crippen LogP contribution >= 0.6 is 0 Å². The molecular formula is C38H76N2O3. The van der Waals surface area contributed by atoms with Crippen molar-refractivity contribution in [2.24, 2.45) is 5.92 Å². The Kier molecular flexibility index (Phi) is 28.2. The summed E-state index contributed by atoms with van der Waals surface area (Å²) in [5.41, 5.74) is 0. The van der Waals surface area contributed by atoms with E-state index in [1.54, 1.807) is 0 Å². The van der Waals surface area contributed by atoms with E-state index in [1.165, 1.54) is 141 Å². The molecule has 0 aromatic heterocycles. The average molecular weight is 609 g/mol. The molecule has 1 saturated carbocycles. The van der Waals surface area contributed by atoms with E-state index in [-0.39, 0.29) is 12.6 Å². The number of aliphatic hydroxyl groups is 1. The maximum atomic E-state index is 12.6. The van der Waals surface area contributed by atoms with Crippen molar-refractivity contribution in [3.63, 3.8) is 0 Å². The van der Waals surface area contributed by atoms with Gasteiger partial charge >= 0.3 is 5.97 Å². The molecule has 0 amide bonds. The number of hydrogen-bond donors (Lipinski definition) is 1. The van der Waals surface area contributed by atoms with Crippen LogP contribution in [0.25, 0.3) is 0 Å². The first-order chi connectivity index (χ1) is 21.1. The molecular weight excluding hydrogens is 532 g/mol. The molecule has 5 nitrogen and oxygen atoms in total. The zero-order valence-corrected chi connectivity index (χ0v) is 29.4. The predicted molar refractivity (Wildman–Crippen MR) is 186 cm³/mol. The van der Waals surface area contributed by atoms with Crippen LogP contribution in [0.4, 0.5) is 0 Å². The maximum Gasteiger partial charge on any atom is 0.305 e. The SMILES string of the molecule is CCCCCCCCC(CCCCCC)COC(=O)CCCCCN(CCCCCC)CCN(CCO)C1CCCCC1. The highest BCUT2D eigenvalue weighted by molar-refractivity contribution is 5.69. The number of unbranched alkanes of at least 4 members (excludes halogenated alkanes) is 13. The minimum atomic E-state index is 0.0186. The number of hydrogen-bond acceptors (Lipinski definition) is 5. The topological polar surface area (TPSA) is 53.0 Å². The molecule has 1 unspecified atom stereocenters. The Hall–Kier alpha value is -0.650. The quantitative estimate of drug-likeness (QED) is 0.0627. The number of rotatable bonds is 31. The minimum Gasteiger partial charge on any atom is -0.465 e. The lowest BCUT2D eigenvalue weighted by Crippen LogP contribution is -2.43. The molecule has 0 aliphatic heterocycles. The first kappa shape index (κ1) is 40.4. The van der Waals surface area contributed by atoms with Gasteiger partial charge in [-0.15, -0.1) is 0 Å². The lowest BCUT2D eigenvalue weighted by atomic mass is 9.94. The van der Waals surface area contributed by atoms with Crippen LogP contribution in [-0.4, -0.2) is 72.9 Å². The smallest absolute Gasteiger partial charge is 0.305 e. The molecule has 1 aliphatic rings. The number of carbonyl (C=O) groups excluding carboxylic acids is 1. The summed E-state index contributed by atoms with van der Waals surface area (Å²) in [5.74, 6) is 0.567. The molecule has 0 aromatic rings. The Morgan fingerprint density at radius 2 is 1.19 bits per heavy atom. The highest BCUT2D eigenvalue weighted by Crippen LogP contribution is 2.23. The third-order valence-corrected chi connectivity index (χ3v) is 9.78. The predicted octanol–water partition coefficient (Wildman–Crippen LogP) is 9.94. The van der Waals surface area contributed by atoms with E-state index in [1.807, 2.05) is 0 Å². The zero-order valence-electron chi connectivity index (χ0n) is 29.4. The van der Waals surface area contributed by atoms with Crippen molar-refractivity contribution in [1.29, 1.82) is 0 Å². The molecule has 0 spiro atoms. The third kappa shape index (κ3) is 23.4. The average Bonchev–Trinajstić information content (AvgIpc) is 3.03. The summed E-state index contributed by atoms with van der Waals surface area (Å²) < 4.78 is 5.83. The number of ether oxygens (including phenoxy) is 1. The van der Waals surface area contributed by atoms with Crippen LogP contribution in [-0.2, 0) is 9.53 Å². The van der Waals surface area contributed by atoms with Crippen LogP contribution in [0.1, 0.15) is 181 Å².